The van der Waals surface area contributed by atoms with Crippen molar-refractivity contribution in [3.8, 4) is 0 Å². The van der Waals surface area contributed by atoms with Crippen LogP contribution in [-0.4, -0.2) is 32.0 Å². The van der Waals surface area contributed by atoms with Crippen molar-refractivity contribution in [1.29, 1.82) is 0 Å². The van der Waals surface area contributed by atoms with Crippen LogP contribution >= 0.6 is 0 Å². The SMILES string of the molecule is CS(=O)(=O)C1CCCCC1NC1CCCC1. The lowest BCUT2D eigenvalue weighted by Crippen LogP contribution is -2.49. The fourth-order valence-corrected chi connectivity index (χ4v) is 4.60. The Bertz CT molecular complexity index is 320. The molecule has 2 aliphatic rings. The molecule has 4 heteroatoms. The third-order valence-electron chi connectivity index (χ3n) is 4.06. The zero-order valence-corrected chi connectivity index (χ0v) is 10.9. The summed E-state index contributed by atoms with van der Waals surface area (Å²) in [5.41, 5.74) is 0. The summed E-state index contributed by atoms with van der Waals surface area (Å²) in [4.78, 5) is 0. The van der Waals surface area contributed by atoms with E-state index in [0.29, 0.717) is 6.04 Å². The Morgan fingerprint density at radius 3 is 2.12 bits per heavy atom. The Morgan fingerprint density at radius 1 is 0.938 bits per heavy atom. The van der Waals surface area contributed by atoms with E-state index in [0.717, 1.165) is 19.3 Å². The van der Waals surface area contributed by atoms with Crippen LogP contribution in [0.4, 0.5) is 0 Å². The van der Waals surface area contributed by atoms with Crippen LogP contribution in [0.1, 0.15) is 51.4 Å². The van der Waals surface area contributed by atoms with Gasteiger partial charge in [0.05, 0.1) is 5.25 Å². The summed E-state index contributed by atoms with van der Waals surface area (Å²) in [6, 6.07) is 0.791. The molecule has 0 spiro atoms. The van der Waals surface area contributed by atoms with Crippen molar-refractivity contribution in [1.82, 2.24) is 5.32 Å². The van der Waals surface area contributed by atoms with Gasteiger partial charge in [0.2, 0.25) is 0 Å². The first-order valence-corrected chi connectivity index (χ1v) is 8.48. The van der Waals surface area contributed by atoms with Crippen LogP contribution in [0, 0.1) is 0 Å². The van der Waals surface area contributed by atoms with Gasteiger partial charge in [-0.2, -0.15) is 0 Å². The lowest BCUT2D eigenvalue weighted by molar-refractivity contribution is 0.337. The van der Waals surface area contributed by atoms with Crippen LogP contribution in [0.15, 0.2) is 0 Å². The highest BCUT2D eigenvalue weighted by Crippen LogP contribution is 2.27. The summed E-state index contributed by atoms with van der Waals surface area (Å²) in [5.74, 6) is 0. The maximum absolute atomic E-state index is 11.7. The second-order valence-corrected chi connectivity index (χ2v) is 7.67. The maximum atomic E-state index is 11.7. The van der Waals surface area contributed by atoms with Crippen LogP contribution in [-0.2, 0) is 9.84 Å². The smallest absolute Gasteiger partial charge is 0.151 e. The normalized spacial score (nSPS) is 33.1. The van der Waals surface area contributed by atoms with E-state index in [9.17, 15) is 8.42 Å². The van der Waals surface area contributed by atoms with Crippen LogP contribution in [0.2, 0.25) is 0 Å². The zero-order valence-electron chi connectivity index (χ0n) is 10.1. The number of hydrogen-bond donors (Lipinski definition) is 1. The molecular weight excluding hydrogens is 222 g/mol. The molecule has 0 amide bonds. The van der Waals surface area contributed by atoms with Crippen molar-refractivity contribution < 1.29 is 8.42 Å². The van der Waals surface area contributed by atoms with Crippen LogP contribution in [0.3, 0.4) is 0 Å². The minimum Gasteiger partial charge on any atom is -0.310 e. The van der Waals surface area contributed by atoms with E-state index in [1.807, 2.05) is 0 Å². The minimum atomic E-state index is -2.88. The third kappa shape index (κ3) is 2.98. The first-order valence-electron chi connectivity index (χ1n) is 6.52. The monoisotopic (exact) mass is 245 g/mol. The highest BCUT2D eigenvalue weighted by Gasteiger charge is 2.34. The van der Waals surface area contributed by atoms with Crippen molar-refractivity contribution in [3.63, 3.8) is 0 Å². The highest BCUT2D eigenvalue weighted by molar-refractivity contribution is 7.91. The molecule has 0 heterocycles. The van der Waals surface area contributed by atoms with E-state index in [1.165, 1.54) is 38.4 Å². The summed E-state index contributed by atoms with van der Waals surface area (Å²) in [6.45, 7) is 0. The first-order chi connectivity index (χ1) is 7.57. The predicted molar refractivity (Wildman–Crippen MR) is 66.3 cm³/mol. The molecule has 0 saturated heterocycles. The van der Waals surface area contributed by atoms with Gasteiger partial charge in [-0.1, -0.05) is 25.7 Å². The van der Waals surface area contributed by atoms with Crippen LogP contribution in [0.25, 0.3) is 0 Å². The fourth-order valence-electron chi connectivity index (χ4n) is 3.20. The second-order valence-electron chi connectivity index (χ2n) is 5.41. The van der Waals surface area contributed by atoms with Crippen LogP contribution in [0.5, 0.6) is 0 Å². The molecule has 2 saturated carbocycles. The molecule has 3 nitrogen and oxygen atoms in total. The predicted octanol–water partition coefficient (Wildman–Crippen LogP) is 1.87. The molecule has 2 fully saturated rings. The van der Waals surface area contributed by atoms with Crippen molar-refractivity contribution in [2.24, 2.45) is 0 Å². The van der Waals surface area contributed by atoms with E-state index in [2.05, 4.69) is 5.32 Å². The standard InChI is InChI=1S/C12H23NO2S/c1-16(14,15)12-9-5-4-8-11(12)13-10-6-2-3-7-10/h10-13H,2-9H2,1H3. The average Bonchev–Trinajstić information content (AvgIpc) is 2.70. The van der Waals surface area contributed by atoms with Gasteiger partial charge in [0.15, 0.2) is 9.84 Å². The van der Waals surface area contributed by atoms with E-state index < -0.39 is 9.84 Å². The molecule has 0 aromatic rings. The van der Waals surface area contributed by atoms with Gasteiger partial charge in [-0.25, -0.2) is 8.42 Å². The van der Waals surface area contributed by atoms with Crippen molar-refractivity contribution in [2.45, 2.75) is 68.7 Å². The number of nitrogens with one attached hydrogen (secondary N) is 1. The fraction of sp³-hybridized carbons (Fsp3) is 1.00. The van der Waals surface area contributed by atoms with Gasteiger partial charge in [0.1, 0.15) is 0 Å². The van der Waals surface area contributed by atoms with Gasteiger partial charge in [0.25, 0.3) is 0 Å². The van der Waals surface area contributed by atoms with Gasteiger partial charge in [0, 0.05) is 18.3 Å². The van der Waals surface area contributed by atoms with Crippen molar-refractivity contribution >= 4 is 9.84 Å². The Kier molecular flexibility index (Phi) is 3.90. The Labute approximate surface area is 98.9 Å². The zero-order chi connectivity index (χ0) is 11.6. The molecule has 1 N–H and O–H groups in total. The summed E-state index contributed by atoms with van der Waals surface area (Å²) < 4.78 is 23.5. The average molecular weight is 245 g/mol. The molecule has 0 bridgehead atoms. The maximum Gasteiger partial charge on any atom is 0.151 e. The van der Waals surface area contributed by atoms with Gasteiger partial charge in [-0.15, -0.1) is 0 Å². The van der Waals surface area contributed by atoms with Gasteiger partial charge in [-0.05, 0) is 25.7 Å². The quantitative estimate of drug-likeness (QED) is 0.825. The largest absolute Gasteiger partial charge is 0.310 e. The molecule has 0 aromatic heterocycles. The van der Waals surface area contributed by atoms with E-state index in [1.54, 1.807) is 0 Å². The molecule has 2 rings (SSSR count). The number of rotatable bonds is 3. The molecule has 94 valence electrons. The molecule has 0 aromatic carbocycles. The molecule has 2 atom stereocenters. The van der Waals surface area contributed by atoms with Gasteiger partial charge < -0.3 is 5.32 Å². The van der Waals surface area contributed by atoms with Crippen molar-refractivity contribution in [3.05, 3.63) is 0 Å². The Hall–Kier alpha value is -0.0900. The Morgan fingerprint density at radius 2 is 1.50 bits per heavy atom. The molecule has 2 aliphatic carbocycles. The van der Waals surface area contributed by atoms with Gasteiger partial charge >= 0.3 is 0 Å². The van der Waals surface area contributed by atoms with Gasteiger partial charge in [-0.3, -0.25) is 0 Å². The molecule has 0 aliphatic heterocycles. The van der Waals surface area contributed by atoms with Crippen LogP contribution < -0.4 is 5.32 Å². The summed E-state index contributed by atoms with van der Waals surface area (Å²) in [5, 5.41) is 3.46. The second kappa shape index (κ2) is 5.05. The molecule has 2 unspecified atom stereocenters. The van der Waals surface area contributed by atoms with E-state index >= 15 is 0 Å². The summed E-state index contributed by atoms with van der Waals surface area (Å²) in [6.07, 6.45) is 10.6. The molecule has 0 radical (unpaired) electrons. The third-order valence-corrected chi connectivity index (χ3v) is 5.72. The first kappa shape index (κ1) is 12.4. The molecular formula is C12H23NO2S. The van der Waals surface area contributed by atoms with E-state index in [-0.39, 0.29) is 11.3 Å². The number of hydrogen-bond acceptors (Lipinski definition) is 3. The minimum absolute atomic E-state index is 0.137. The Balaban J connectivity index is 1.98. The van der Waals surface area contributed by atoms with E-state index in [4.69, 9.17) is 0 Å². The summed E-state index contributed by atoms with van der Waals surface area (Å²) >= 11 is 0. The lowest BCUT2D eigenvalue weighted by atomic mass is 9.94. The van der Waals surface area contributed by atoms with Crippen molar-refractivity contribution in [2.75, 3.05) is 6.26 Å². The highest BCUT2D eigenvalue weighted by atomic mass is 32.2. The lowest BCUT2D eigenvalue weighted by Gasteiger charge is -2.33. The molecule has 16 heavy (non-hydrogen) atoms. The topological polar surface area (TPSA) is 46.2 Å². The summed E-state index contributed by atoms with van der Waals surface area (Å²) in [7, 11) is -2.88. The number of sulfone groups is 1.